The summed E-state index contributed by atoms with van der Waals surface area (Å²) in [4.78, 5) is 26.0. The first kappa shape index (κ1) is 15.8. The molecule has 1 aliphatic heterocycles. The third kappa shape index (κ3) is 3.16. The van der Waals surface area contributed by atoms with Gasteiger partial charge in [-0.15, -0.1) is 0 Å². The number of phenolic OH excluding ortho intramolecular Hbond substituents is 1. The Balaban J connectivity index is 1.86. The molecular formula is C18H12N2O3S. The van der Waals surface area contributed by atoms with Crippen molar-refractivity contribution in [2.75, 3.05) is 0 Å². The van der Waals surface area contributed by atoms with Crippen molar-refractivity contribution in [1.82, 2.24) is 4.90 Å². The van der Waals surface area contributed by atoms with Crippen LogP contribution in [0.25, 0.3) is 6.08 Å². The van der Waals surface area contributed by atoms with Crippen LogP contribution in [0.4, 0.5) is 4.79 Å². The average Bonchev–Trinajstić information content (AvgIpc) is 2.83. The quantitative estimate of drug-likeness (QED) is 0.868. The van der Waals surface area contributed by atoms with Crippen molar-refractivity contribution in [3.05, 3.63) is 70.1 Å². The molecule has 0 aromatic heterocycles. The summed E-state index contributed by atoms with van der Waals surface area (Å²) in [6.45, 7) is 0.0613. The largest absolute Gasteiger partial charge is 0.508 e. The smallest absolute Gasteiger partial charge is 0.293 e. The number of rotatable bonds is 3. The summed E-state index contributed by atoms with van der Waals surface area (Å²) in [6, 6.07) is 15.4. The predicted molar refractivity (Wildman–Crippen MR) is 90.8 cm³/mol. The van der Waals surface area contributed by atoms with E-state index in [0.29, 0.717) is 21.6 Å². The van der Waals surface area contributed by atoms with Crippen molar-refractivity contribution in [2.24, 2.45) is 0 Å². The van der Waals surface area contributed by atoms with Gasteiger partial charge in [-0.25, -0.2) is 0 Å². The average molecular weight is 336 g/mol. The zero-order chi connectivity index (χ0) is 17.1. The number of nitriles is 1. The van der Waals surface area contributed by atoms with Crippen molar-refractivity contribution in [2.45, 2.75) is 6.54 Å². The van der Waals surface area contributed by atoms with Crippen LogP contribution in [0.5, 0.6) is 5.75 Å². The van der Waals surface area contributed by atoms with E-state index in [0.717, 1.165) is 16.7 Å². The fourth-order valence-electron chi connectivity index (χ4n) is 2.34. The van der Waals surface area contributed by atoms with Gasteiger partial charge in [-0.05, 0) is 47.2 Å². The first-order chi connectivity index (χ1) is 11.6. The van der Waals surface area contributed by atoms with Crippen LogP contribution >= 0.6 is 11.8 Å². The summed E-state index contributed by atoms with van der Waals surface area (Å²) in [6.07, 6.45) is 1.57. The minimum absolute atomic E-state index is 0.0613. The molecule has 0 spiro atoms. The van der Waals surface area contributed by atoms with Crippen LogP contribution < -0.4 is 0 Å². The lowest BCUT2D eigenvalue weighted by Gasteiger charge is -2.13. The van der Waals surface area contributed by atoms with Crippen molar-refractivity contribution in [3.63, 3.8) is 0 Å². The molecule has 6 heteroatoms. The summed E-state index contributed by atoms with van der Waals surface area (Å²) in [7, 11) is 0. The number of hydrogen-bond acceptors (Lipinski definition) is 5. The van der Waals surface area contributed by atoms with E-state index in [1.165, 1.54) is 12.1 Å². The third-order valence-electron chi connectivity index (χ3n) is 3.51. The molecule has 0 bridgehead atoms. The van der Waals surface area contributed by atoms with Gasteiger partial charge in [0.2, 0.25) is 0 Å². The van der Waals surface area contributed by atoms with Crippen LogP contribution in [0, 0.1) is 11.3 Å². The second-order valence-corrected chi connectivity index (χ2v) is 6.12. The Hall–Kier alpha value is -3.04. The zero-order valence-corrected chi connectivity index (χ0v) is 13.3. The van der Waals surface area contributed by atoms with E-state index in [9.17, 15) is 14.7 Å². The molecule has 1 saturated heterocycles. The maximum Gasteiger partial charge on any atom is 0.293 e. The highest BCUT2D eigenvalue weighted by Gasteiger charge is 2.35. The maximum absolute atomic E-state index is 12.5. The summed E-state index contributed by atoms with van der Waals surface area (Å²) in [5.74, 6) is -0.313. The van der Waals surface area contributed by atoms with Gasteiger partial charge in [0.1, 0.15) is 5.75 Å². The highest BCUT2D eigenvalue weighted by atomic mass is 32.2. The summed E-state index contributed by atoms with van der Waals surface area (Å²) >= 11 is 0.849. The number of benzene rings is 2. The Bertz CT molecular complexity index is 899. The predicted octanol–water partition coefficient (Wildman–Crippen LogP) is 3.50. The third-order valence-corrected chi connectivity index (χ3v) is 4.42. The van der Waals surface area contributed by atoms with Crippen LogP contribution in [-0.2, 0) is 11.3 Å². The highest BCUT2D eigenvalue weighted by molar-refractivity contribution is 8.18. The first-order valence-electron chi connectivity index (χ1n) is 7.11. The van der Waals surface area contributed by atoms with Gasteiger partial charge in [0.25, 0.3) is 11.1 Å². The number of imide groups is 1. The number of aromatic hydroxyl groups is 1. The fraction of sp³-hybridized carbons (Fsp3) is 0.0556. The number of hydrogen-bond donors (Lipinski definition) is 1. The Kier molecular flexibility index (Phi) is 4.36. The van der Waals surface area contributed by atoms with Gasteiger partial charge in [0.05, 0.1) is 23.1 Å². The van der Waals surface area contributed by atoms with Gasteiger partial charge in [0.15, 0.2) is 0 Å². The van der Waals surface area contributed by atoms with E-state index in [1.54, 1.807) is 42.5 Å². The van der Waals surface area contributed by atoms with Crippen molar-refractivity contribution >= 4 is 29.0 Å². The van der Waals surface area contributed by atoms with Crippen LogP contribution in [0.15, 0.2) is 53.4 Å². The molecule has 1 heterocycles. The van der Waals surface area contributed by atoms with Gasteiger partial charge < -0.3 is 5.11 Å². The lowest BCUT2D eigenvalue weighted by atomic mass is 10.1. The zero-order valence-electron chi connectivity index (χ0n) is 12.5. The Morgan fingerprint density at radius 2 is 1.96 bits per heavy atom. The van der Waals surface area contributed by atoms with Crippen LogP contribution in [0.1, 0.15) is 16.7 Å². The van der Waals surface area contributed by atoms with Gasteiger partial charge >= 0.3 is 0 Å². The maximum atomic E-state index is 12.5. The van der Waals surface area contributed by atoms with Crippen LogP contribution in [0.3, 0.4) is 0 Å². The fourth-order valence-corrected chi connectivity index (χ4v) is 3.18. The van der Waals surface area contributed by atoms with Crippen molar-refractivity contribution in [3.8, 4) is 11.8 Å². The molecule has 0 unspecified atom stereocenters. The molecule has 0 saturated carbocycles. The first-order valence-corrected chi connectivity index (χ1v) is 7.92. The SMILES string of the molecule is N#Cc1ccccc1CN1C(=O)S/C(=C/c2cccc(O)c2)C1=O. The van der Waals surface area contributed by atoms with Crippen LogP contribution in [-0.4, -0.2) is 21.2 Å². The second-order valence-electron chi connectivity index (χ2n) is 5.13. The topological polar surface area (TPSA) is 81.4 Å². The molecule has 1 fully saturated rings. The van der Waals surface area contributed by atoms with E-state index >= 15 is 0 Å². The number of carbonyl (C=O) groups is 2. The molecule has 2 aromatic carbocycles. The van der Waals surface area contributed by atoms with E-state index < -0.39 is 5.91 Å². The van der Waals surface area contributed by atoms with Gasteiger partial charge in [-0.3, -0.25) is 14.5 Å². The standard InChI is InChI=1S/C18H12N2O3S/c19-10-13-5-1-2-6-14(13)11-20-17(22)16(24-18(20)23)9-12-4-3-7-15(21)8-12/h1-9,21H,11H2/b16-9+. The Morgan fingerprint density at radius 1 is 1.17 bits per heavy atom. The van der Waals surface area contributed by atoms with Gasteiger partial charge in [-0.1, -0.05) is 30.3 Å². The highest BCUT2D eigenvalue weighted by Crippen LogP contribution is 2.33. The van der Waals surface area contributed by atoms with Crippen molar-refractivity contribution in [1.29, 1.82) is 5.26 Å². The molecule has 0 radical (unpaired) electrons. The number of thioether (sulfide) groups is 1. The van der Waals surface area contributed by atoms with E-state index in [4.69, 9.17) is 5.26 Å². The molecule has 2 amide bonds. The van der Waals surface area contributed by atoms with Crippen LogP contribution in [0.2, 0.25) is 0 Å². The molecule has 5 nitrogen and oxygen atoms in total. The number of nitrogens with zero attached hydrogens (tertiary/aromatic N) is 2. The van der Waals surface area contributed by atoms with E-state index in [2.05, 4.69) is 6.07 Å². The number of amides is 2. The molecule has 2 aromatic rings. The molecule has 1 N–H and O–H groups in total. The number of phenols is 1. The minimum Gasteiger partial charge on any atom is -0.508 e. The monoisotopic (exact) mass is 336 g/mol. The molecule has 1 aliphatic rings. The number of carbonyl (C=O) groups excluding carboxylic acids is 2. The molecule has 0 aliphatic carbocycles. The van der Waals surface area contributed by atoms with Gasteiger partial charge in [-0.2, -0.15) is 5.26 Å². The van der Waals surface area contributed by atoms with E-state index in [-0.39, 0.29) is 17.5 Å². The Labute approximate surface area is 142 Å². The molecular weight excluding hydrogens is 324 g/mol. The molecule has 24 heavy (non-hydrogen) atoms. The normalized spacial score (nSPS) is 15.8. The lowest BCUT2D eigenvalue weighted by molar-refractivity contribution is -0.123. The second kappa shape index (κ2) is 6.60. The summed E-state index contributed by atoms with van der Waals surface area (Å²) in [5.41, 5.74) is 1.70. The molecule has 3 rings (SSSR count). The van der Waals surface area contributed by atoms with Crippen molar-refractivity contribution < 1.29 is 14.7 Å². The summed E-state index contributed by atoms with van der Waals surface area (Å²) < 4.78 is 0. The summed E-state index contributed by atoms with van der Waals surface area (Å²) in [5, 5.41) is 18.2. The molecule has 0 atom stereocenters. The minimum atomic E-state index is -0.402. The van der Waals surface area contributed by atoms with Gasteiger partial charge in [0, 0.05) is 0 Å². The van der Waals surface area contributed by atoms with E-state index in [1.807, 2.05) is 0 Å². The Morgan fingerprint density at radius 3 is 2.71 bits per heavy atom. The molecule has 118 valence electrons. The lowest BCUT2D eigenvalue weighted by Crippen LogP contribution is -2.27.